The van der Waals surface area contributed by atoms with Crippen molar-refractivity contribution in [1.82, 2.24) is 15.0 Å². The highest BCUT2D eigenvalue weighted by Crippen LogP contribution is 2.19. The van der Waals surface area contributed by atoms with E-state index in [-0.39, 0.29) is 0 Å². The number of rotatable bonds is 5. The Kier molecular flexibility index (Phi) is 5.07. The smallest absolute Gasteiger partial charge is 0.337 e. The quantitative estimate of drug-likeness (QED) is 0.678. The van der Waals surface area contributed by atoms with Gasteiger partial charge in [0.1, 0.15) is 5.82 Å². The number of ether oxygens (including phenoxy) is 1. The molecule has 0 bridgehead atoms. The first-order valence-corrected chi connectivity index (χ1v) is 8.05. The van der Waals surface area contributed by atoms with E-state index < -0.39 is 5.97 Å². The van der Waals surface area contributed by atoms with E-state index in [1.807, 2.05) is 37.3 Å². The summed E-state index contributed by atoms with van der Waals surface area (Å²) in [7, 11) is 1.35. The normalized spacial score (nSPS) is 10.3. The number of anilines is 4. The Morgan fingerprint density at radius 2 is 1.50 bits per heavy atom. The Morgan fingerprint density at radius 1 is 0.885 bits per heavy atom. The zero-order chi connectivity index (χ0) is 18.5. The summed E-state index contributed by atoms with van der Waals surface area (Å²) in [4.78, 5) is 24.6. The molecule has 0 radical (unpaired) electrons. The molecule has 26 heavy (non-hydrogen) atoms. The number of nitrogens with zero attached hydrogens (tertiary/aromatic N) is 3. The maximum absolute atomic E-state index is 11.7. The molecule has 0 amide bonds. The highest BCUT2D eigenvalue weighted by atomic mass is 16.5. The van der Waals surface area contributed by atoms with Crippen molar-refractivity contribution in [2.45, 2.75) is 13.8 Å². The van der Waals surface area contributed by atoms with Gasteiger partial charge in [-0.3, -0.25) is 0 Å². The van der Waals surface area contributed by atoms with Crippen LogP contribution in [0.3, 0.4) is 0 Å². The molecule has 132 valence electrons. The van der Waals surface area contributed by atoms with Crippen LogP contribution in [-0.2, 0) is 4.74 Å². The number of carbonyl (C=O) groups is 1. The van der Waals surface area contributed by atoms with Crippen LogP contribution in [0.25, 0.3) is 0 Å². The maximum Gasteiger partial charge on any atom is 0.337 e. The molecule has 0 atom stereocenters. The highest BCUT2D eigenvalue weighted by molar-refractivity contribution is 5.90. The molecule has 1 aromatic heterocycles. The van der Waals surface area contributed by atoms with E-state index in [1.54, 1.807) is 25.1 Å². The molecule has 1 heterocycles. The molecular formula is C19H19N5O2. The molecule has 3 rings (SSSR count). The molecule has 0 spiro atoms. The van der Waals surface area contributed by atoms with Crippen molar-refractivity contribution in [1.29, 1.82) is 0 Å². The fourth-order valence-electron chi connectivity index (χ4n) is 2.42. The van der Waals surface area contributed by atoms with Crippen molar-refractivity contribution in [3.05, 3.63) is 65.5 Å². The number of nitrogens with one attached hydrogen (secondary N) is 2. The molecule has 0 unspecified atom stereocenters. The van der Waals surface area contributed by atoms with Gasteiger partial charge < -0.3 is 15.4 Å². The lowest BCUT2D eigenvalue weighted by Gasteiger charge is -2.10. The van der Waals surface area contributed by atoms with Crippen LogP contribution in [0.4, 0.5) is 23.3 Å². The minimum Gasteiger partial charge on any atom is -0.465 e. The van der Waals surface area contributed by atoms with Gasteiger partial charge in [0.05, 0.1) is 12.7 Å². The topological polar surface area (TPSA) is 89.0 Å². The number of aryl methyl sites for hydroxylation is 2. The van der Waals surface area contributed by atoms with Gasteiger partial charge in [-0.05, 0) is 49.7 Å². The number of hydrogen-bond donors (Lipinski definition) is 2. The molecule has 7 heteroatoms. The molecule has 3 aromatic rings. The van der Waals surface area contributed by atoms with Gasteiger partial charge in [0.2, 0.25) is 11.9 Å². The van der Waals surface area contributed by atoms with Crippen LogP contribution in [0, 0.1) is 13.8 Å². The third kappa shape index (κ3) is 4.32. The highest BCUT2D eigenvalue weighted by Gasteiger charge is 2.08. The Hall–Kier alpha value is -3.48. The summed E-state index contributed by atoms with van der Waals surface area (Å²) < 4.78 is 4.74. The van der Waals surface area contributed by atoms with E-state index in [9.17, 15) is 4.79 Å². The molecule has 0 aliphatic carbocycles. The van der Waals surface area contributed by atoms with Gasteiger partial charge in [-0.25, -0.2) is 4.79 Å². The van der Waals surface area contributed by atoms with Crippen molar-refractivity contribution in [2.75, 3.05) is 17.7 Å². The minimum atomic E-state index is -0.401. The second-order valence-electron chi connectivity index (χ2n) is 5.72. The number of carbonyl (C=O) groups excluding carboxylic acids is 1. The summed E-state index contributed by atoms with van der Waals surface area (Å²) in [6, 6.07) is 14.9. The summed E-state index contributed by atoms with van der Waals surface area (Å²) in [6.07, 6.45) is 0. The average Bonchev–Trinajstić information content (AvgIpc) is 2.60. The van der Waals surface area contributed by atoms with E-state index in [2.05, 4.69) is 25.6 Å². The van der Waals surface area contributed by atoms with Crippen LogP contribution in [0.1, 0.15) is 21.7 Å². The largest absolute Gasteiger partial charge is 0.465 e. The fourth-order valence-corrected chi connectivity index (χ4v) is 2.42. The second-order valence-corrected chi connectivity index (χ2v) is 5.72. The van der Waals surface area contributed by atoms with Crippen LogP contribution in [0.2, 0.25) is 0 Å². The lowest BCUT2D eigenvalue weighted by atomic mass is 10.2. The van der Waals surface area contributed by atoms with Crippen molar-refractivity contribution >= 4 is 29.2 Å². The lowest BCUT2D eigenvalue weighted by molar-refractivity contribution is 0.0601. The molecule has 0 aliphatic rings. The Morgan fingerprint density at radius 3 is 2.12 bits per heavy atom. The zero-order valence-corrected chi connectivity index (χ0v) is 14.8. The third-order valence-corrected chi connectivity index (χ3v) is 3.56. The van der Waals surface area contributed by atoms with Gasteiger partial charge in [0.15, 0.2) is 0 Å². The molecule has 7 nitrogen and oxygen atoms in total. The van der Waals surface area contributed by atoms with Crippen LogP contribution in [0.5, 0.6) is 0 Å². The molecule has 0 saturated carbocycles. The number of esters is 1. The Bertz CT molecular complexity index is 943. The fraction of sp³-hybridized carbons (Fsp3) is 0.158. The summed E-state index contributed by atoms with van der Waals surface area (Å²) in [5.41, 5.74) is 3.16. The predicted molar refractivity (Wildman–Crippen MR) is 100 cm³/mol. The average molecular weight is 349 g/mol. The van der Waals surface area contributed by atoms with Crippen molar-refractivity contribution in [3.63, 3.8) is 0 Å². The molecule has 2 aromatic carbocycles. The first-order valence-electron chi connectivity index (χ1n) is 8.05. The van der Waals surface area contributed by atoms with Gasteiger partial charge >= 0.3 is 5.97 Å². The van der Waals surface area contributed by atoms with E-state index in [0.29, 0.717) is 29.0 Å². The predicted octanol–water partition coefficient (Wildman–Crippen LogP) is 3.76. The lowest BCUT2D eigenvalue weighted by Crippen LogP contribution is -2.06. The van der Waals surface area contributed by atoms with E-state index in [1.165, 1.54) is 7.11 Å². The van der Waals surface area contributed by atoms with Crippen LogP contribution < -0.4 is 10.6 Å². The Balaban J connectivity index is 1.83. The van der Waals surface area contributed by atoms with E-state index in [4.69, 9.17) is 4.74 Å². The number of hydrogen-bond acceptors (Lipinski definition) is 7. The van der Waals surface area contributed by atoms with Crippen LogP contribution >= 0.6 is 0 Å². The summed E-state index contributed by atoms with van der Waals surface area (Å²) in [5, 5.41) is 6.27. The van der Waals surface area contributed by atoms with Crippen molar-refractivity contribution in [2.24, 2.45) is 0 Å². The Labute approximate surface area is 151 Å². The minimum absolute atomic E-state index is 0.384. The maximum atomic E-state index is 11.7. The number of benzene rings is 2. The van der Waals surface area contributed by atoms with E-state index in [0.717, 1.165) is 11.3 Å². The molecule has 0 fully saturated rings. The summed E-state index contributed by atoms with van der Waals surface area (Å²) in [5.74, 6) is 0.994. The molecular weight excluding hydrogens is 330 g/mol. The second kappa shape index (κ2) is 7.60. The first kappa shape index (κ1) is 17.3. The molecule has 0 aliphatic heterocycles. The summed E-state index contributed by atoms with van der Waals surface area (Å²) in [6.45, 7) is 3.81. The van der Waals surface area contributed by atoms with Crippen molar-refractivity contribution in [3.8, 4) is 0 Å². The van der Waals surface area contributed by atoms with Gasteiger partial charge in [-0.2, -0.15) is 15.0 Å². The molecule has 2 N–H and O–H groups in total. The third-order valence-electron chi connectivity index (χ3n) is 3.56. The monoisotopic (exact) mass is 349 g/mol. The zero-order valence-electron chi connectivity index (χ0n) is 14.8. The van der Waals surface area contributed by atoms with E-state index >= 15 is 0 Å². The van der Waals surface area contributed by atoms with Crippen LogP contribution in [0.15, 0.2) is 48.5 Å². The van der Waals surface area contributed by atoms with Gasteiger partial charge in [0, 0.05) is 11.4 Å². The van der Waals surface area contributed by atoms with Crippen LogP contribution in [-0.4, -0.2) is 28.0 Å². The van der Waals surface area contributed by atoms with Crippen molar-refractivity contribution < 1.29 is 9.53 Å². The number of methoxy groups -OCH3 is 1. The SMILES string of the molecule is COC(=O)c1cccc(Nc2nc(C)nc(Nc3cccc(C)c3)n2)c1. The first-order chi connectivity index (χ1) is 12.5. The number of aromatic nitrogens is 3. The summed E-state index contributed by atoms with van der Waals surface area (Å²) >= 11 is 0. The van der Waals surface area contributed by atoms with Gasteiger partial charge in [0.25, 0.3) is 0 Å². The molecule has 0 saturated heterocycles. The van der Waals surface area contributed by atoms with Gasteiger partial charge in [-0.1, -0.05) is 18.2 Å². The standard InChI is InChI=1S/C19H19N5O2/c1-12-6-4-8-15(10-12)22-18-20-13(2)21-19(24-18)23-16-9-5-7-14(11-16)17(25)26-3/h4-11H,1-3H3,(H2,20,21,22,23,24). The van der Waals surface area contributed by atoms with Gasteiger partial charge in [-0.15, -0.1) is 0 Å².